The number of thiocarbonyl (C=S) groups is 1. The standard InChI is InChI=1S/C23H21N3O2S/c1-2-26(20-14-7-4-8-15-20)22(28)18-12-9-13-19(16-18)24-23(29)25-21(27)17-10-5-3-6-11-17/h3-16H,2H2,1H3,(H2,24,25,27,29). The molecule has 0 saturated carbocycles. The van der Waals surface area contributed by atoms with Gasteiger partial charge in [-0.2, -0.15) is 0 Å². The molecule has 0 fully saturated rings. The van der Waals surface area contributed by atoms with Crippen LogP contribution in [0, 0.1) is 0 Å². The van der Waals surface area contributed by atoms with Gasteiger partial charge in [0, 0.05) is 29.0 Å². The second-order valence-corrected chi connectivity index (χ2v) is 6.65. The van der Waals surface area contributed by atoms with Crippen LogP contribution in [0.3, 0.4) is 0 Å². The second kappa shape index (κ2) is 9.61. The summed E-state index contributed by atoms with van der Waals surface area (Å²) in [5.74, 6) is -0.404. The van der Waals surface area contributed by atoms with Gasteiger partial charge in [-0.1, -0.05) is 42.5 Å². The summed E-state index contributed by atoms with van der Waals surface area (Å²) in [4.78, 5) is 26.9. The summed E-state index contributed by atoms with van der Waals surface area (Å²) in [7, 11) is 0. The Kier molecular flexibility index (Phi) is 6.71. The third kappa shape index (κ3) is 5.27. The average molecular weight is 404 g/mol. The van der Waals surface area contributed by atoms with Gasteiger partial charge in [-0.3, -0.25) is 14.9 Å². The van der Waals surface area contributed by atoms with Crippen molar-refractivity contribution >= 4 is 40.5 Å². The third-order valence-corrected chi connectivity index (χ3v) is 4.46. The zero-order valence-electron chi connectivity index (χ0n) is 16.0. The van der Waals surface area contributed by atoms with E-state index in [9.17, 15) is 9.59 Å². The molecular weight excluding hydrogens is 382 g/mol. The van der Waals surface area contributed by atoms with Crippen molar-refractivity contribution in [2.75, 3.05) is 16.8 Å². The number of anilines is 2. The summed E-state index contributed by atoms with van der Waals surface area (Å²) >= 11 is 5.23. The van der Waals surface area contributed by atoms with Crippen LogP contribution in [-0.4, -0.2) is 23.5 Å². The van der Waals surface area contributed by atoms with Crippen molar-refractivity contribution in [3.05, 3.63) is 96.1 Å². The van der Waals surface area contributed by atoms with Crippen molar-refractivity contribution in [1.82, 2.24) is 5.32 Å². The first-order valence-electron chi connectivity index (χ1n) is 9.23. The van der Waals surface area contributed by atoms with E-state index in [0.29, 0.717) is 23.4 Å². The molecule has 0 heterocycles. The quantitative estimate of drug-likeness (QED) is 0.617. The van der Waals surface area contributed by atoms with Crippen molar-refractivity contribution in [2.24, 2.45) is 0 Å². The fourth-order valence-electron chi connectivity index (χ4n) is 2.86. The number of benzene rings is 3. The molecule has 0 radical (unpaired) electrons. The van der Waals surface area contributed by atoms with E-state index in [2.05, 4.69) is 10.6 Å². The zero-order chi connectivity index (χ0) is 20.6. The molecule has 6 heteroatoms. The highest BCUT2D eigenvalue weighted by Crippen LogP contribution is 2.18. The van der Waals surface area contributed by atoms with Crippen LogP contribution in [0.1, 0.15) is 27.6 Å². The summed E-state index contributed by atoms with van der Waals surface area (Å²) in [6.45, 7) is 2.48. The molecule has 0 unspecified atom stereocenters. The summed E-state index contributed by atoms with van der Waals surface area (Å²) in [6, 6.07) is 25.4. The number of nitrogens with zero attached hydrogens (tertiary/aromatic N) is 1. The molecule has 0 spiro atoms. The third-order valence-electron chi connectivity index (χ3n) is 4.26. The number of rotatable bonds is 5. The molecule has 2 N–H and O–H groups in total. The van der Waals surface area contributed by atoms with Gasteiger partial charge in [-0.15, -0.1) is 0 Å². The van der Waals surface area contributed by atoms with E-state index in [0.717, 1.165) is 5.69 Å². The minimum Gasteiger partial charge on any atom is -0.332 e. The fourth-order valence-corrected chi connectivity index (χ4v) is 3.07. The smallest absolute Gasteiger partial charge is 0.258 e. The van der Waals surface area contributed by atoms with Gasteiger partial charge >= 0.3 is 0 Å². The highest BCUT2D eigenvalue weighted by Gasteiger charge is 2.16. The van der Waals surface area contributed by atoms with Crippen molar-refractivity contribution in [1.29, 1.82) is 0 Å². The van der Waals surface area contributed by atoms with Gasteiger partial charge in [-0.25, -0.2) is 0 Å². The summed E-state index contributed by atoms with van der Waals surface area (Å²) in [5.41, 5.74) is 2.50. The highest BCUT2D eigenvalue weighted by atomic mass is 32.1. The fraction of sp³-hybridized carbons (Fsp3) is 0.0870. The SMILES string of the molecule is CCN(C(=O)c1cccc(NC(=S)NC(=O)c2ccccc2)c1)c1ccccc1. The highest BCUT2D eigenvalue weighted by molar-refractivity contribution is 7.80. The molecule has 0 aliphatic carbocycles. The first-order valence-corrected chi connectivity index (χ1v) is 9.63. The molecule has 5 nitrogen and oxygen atoms in total. The van der Waals surface area contributed by atoms with Crippen molar-refractivity contribution in [3.63, 3.8) is 0 Å². The Bertz CT molecular complexity index is 1010. The molecule has 2 amide bonds. The Labute approximate surface area is 175 Å². The number of hydrogen-bond donors (Lipinski definition) is 2. The second-order valence-electron chi connectivity index (χ2n) is 6.24. The molecule has 3 rings (SSSR count). The minimum atomic E-state index is -0.295. The molecule has 29 heavy (non-hydrogen) atoms. The molecule has 0 aliphatic rings. The molecule has 3 aromatic carbocycles. The van der Waals surface area contributed by atoms with E-state index < -0.39 is 0 Å². The Balaban J connectivity index is 1.69. The molecule has 0 saturated heterocycles. The predicted molar refractivity (Wildman–Crippen MR) is 120 cm³/mol. The minimum absolute atomic E-state index is 0.110. The largest absolute Gasteiger partial charge is 0.332 e. The Morgan fingerprint density at radius 3 is 2.14 bits per heavy atom. The molecular formula is C23H21N3O2S. The van der Waals surface area contributed by atoms with Crippen molar-refractivity contribution in [3.8, 4) is 0 Å². The average Bonchev–Trinajstić information content (AvgIpc) is 2.75. The van der Waals surface area contributed by atoms with Gasteiger partial charge in [0.1, 0.15) is 0 Å². The molecule has 3 aromatic rings. The topological polar surface area (TPSA) is 61.4 Å². The Morgan fingerprint density at radius 1 is 0.862 bits per heavy atom. The normalized spacial score (nSPS) is 10.1. The van der Waals surface area contributed by atoms with E-state index in [1.807, 2.05) is 43.3 Å². The maximum Gasteiger partial charge on any atom is 0.258 e. The molecule has 146 valence electrons. The zero-order valence-corrected chi connectivity index (χ0v) is 16.8. The van der Waals surface area contributed by atoms with Crippen LogP contribution in [0.2, 0.25) is 0 Å². The van der Waals surface area contributed by atoms with Gasteiger partial charge in [0.2, 0.25) is 0 Å². The van der Waals surface area contributed by atoms with Crippen LogP contribution in [0.4, 0.5) is 11.4 Å². The number of carbonyl (C=O) groups is 2. The number of para-hydroxylation sites is 1. The molecule has 0 atom stereocenters. The van der Waals surface area contributed by atoms with E-state index >= 15 is 0 Å². The van der Waals surface area contributed by atoms with Crippen LogP contribution in [-0.2, 0) is 0 Å². The number of hydrogen-bond acceptors (Lipinski definition) is 3. The lowest BCUT2D eigenvalue weighted by Gasteiger charge is -2.21. The Hall–Kier alpha value is -3.51. The summed E-state index contributed by atoms with van der Waals surface area (Å²) < 4.78 is 0. The molecule has 0 aliphatic heterocycles. The van der Waals surface area contributed by atoms with Crippen LogP contribution >= 0.6 is 12.2 Å². The van der Waals surface area contributed by atoms with Crippen molar-refractivity contribution in [2.45, 2.75) is 6.92 Å². The van der Waals surface area contributed by atoms with Crippen LogP contribution in [0.25, 0.3) is 0 Å². The van der Waals surface area contributed by atoms with Crippen LogP contribution in [0.5, 0.6) is 0 Å². The van der Waals surface area contributed by atoms with Gasteiger partial charge in [0.05, 0.1) is 0 Å². The maximum atomic E-state index is 13.0. The van der Waals surface area contributed by atoms with Gasteiger partial charge < -0.3 is 10.2 Å². The maximum absolute atomic E-state index is 13.0. The monoisotopic (exact) mass is 403 g/mol. The number of nitrogens with one attached hydrogen (secondary N) is 2. The number of amides is 2. The van der Waals surface area contributed by atoms with E-state index in [1.54, 1.807) is 53.4 Å². The summed E-state index contributed by atoms with van der Waals surface area (Å²) in [5, 5.41) is 5.77. The van der Waals surface area contributed by atoms with Crippen LogP contribution in [0.15, 0.2) is 84.9 Å². The molecule has 0 bridgehead atoms. The van der Waals surface area contributed by atoms with Gasteiger partial charge in [0.25, 0.3) is 11.8 Å². The van der Waals surface area contributed by atoms with E-state index in [-0.39, 0.29) is 16.9 Å². The summed E-state index contributed by atoms with van der Waals surface area (Å²) in [6.07, 6.45) is 0. The molecule has 0 aromatic heterocycles. The van der Waals surface area contributed by atoms with Crippen LogP contribution < -0.4 is 15.5 Å². The van der Waals surface area contributed by atoms with Gasteiger partial charge in [0.15, 0.2) is 5.11 Å². The first-order chi connectivity index (χ1) is 14.1. The lowest BCUT2D eigenvalue weighted by Crippen LogP contribution is -2.34. The number of carbonyl (C=O) groups excluding carboxylic acids is 2. The van der Waals surface area contributed by atoms with E-state index in [1.165, 1.54) is 0 Å². The van der Waals surface area contributed by atoms with Crippen molar-refractivity contribution < 1.29 is 9.59 Å². The lowest BCUT2D eigenvalue weighted by molar-refractivity contribution is 0.0973. The first kappa shape index (κ1) is 20.2. The predicted octanol–water partition coefficient (Wildman–Crippen LogP) is 4.48. The van der Waals surface area contributed by atoms with E-state index in [4.69, 9.17) is 12.2 Å². The van der Waals surface area contributed by atoms with Gasteiger partial charge in [-0.05, 0) is 61.6 Å². The Morgan fingerprint density at radius 2 is 1.48 bits per heavy atom. The lowest BCUT2D eigenvalue weighted by atomic mass is 10.1.